The van der Waals surface area contributed by atoms with E-state index in [-0.39, 0.29) is 18.9 Å². The highest BCUT2D eigenvalue weighted by Crippen LogP contribution is 2.23. The maximum atomic E-state index is 12.5. The zero-order chi connectivity index (χ0) is 19.1. The third kappa shape index (κ3) is 5.82. The van der Waals surface area contributed by atoms with Crippen LogP contribution in [0.5, 0.6) is 0 Å². The number of nitrogens with zero attached hydrogens (tertiary/aromatic N) is 1. The van der Waals surface area contributed by atoms with Crippen molar-refractivity contribution in [3.63, 3.8) is 0 Å². The van der Waals surface area contributed by atoms with E-state index in [1.54, 1.807) is 6.07 Å². The minimum absolute atomic E-state index is 0.00937. The van der Waals surface area contributed by atoms with Gasteiger partial charge in [0.2, 0.25) is 0 Å². The molecule has 0 atom stereocenters. The second-order valence-corrected chi connectivity index (χ2v) is 7.03. The van der Waals surface area contributed by atoms with Crippen molar-refractivity contribution in [3.05, 3.63) is 39.9 Å². The molecule has 0 radical (unpaired) electrons. The normalized spacial score (nSPS) is 10.6. The fraction of sp³-hybridized carbons (Fsp3) is 0.389. The van der Waals surface area contributed by atoms with Crippen molar-refractivity contribution in [1.29, 1.82) is 0 Å². The molecule has 0 bridgehead atoms. The summed E-state index contributed by atoms with van der Waals surface area (Å²) in [4.78, 5) is 28.3. The third-order valence-electron chi connectivity index (χ3n) is 3.77. The van der Waals surface area contributed by atoms with Gasteiger partial charge in [0.25, 0.3) is 5.91 Å². The summed E-state index contributed by atoms with van der Waals surface area (Å²) in [6.45, 7) is 6.86. The second-order valence-electron chi connectivity index (χ2n) is 5.83. The molecule has 1 aromatic heterocycles. The number of aryl methyl sites for hydroxylation is 3. The van der Waals surface area contributed by atoms with Gasteiger partial charge in [0.15, 0.2) is 5.13 Å². The standard InChI is InChI=1S/C18H23N3O4S/c1-11-4-5-14(19-7-9-25-8-6-16(22)23)10-15(11)17(24)21-18-20-12(2)13(3)26-18/h4-5,10,19H,6-9H2,1-3H3,(H,22,23)(H,20,21,24). The average molecular weight is 377 g/mol. The molecule has 7 nitrogen and oxygen atoms in total. The van der Waals surface area contributed by atoms with E-state index in [4.69, 9.17) is 9.84 Å². The number of thiazole rings is 1. The summed E-state index contributed by atoms with van der Waals surface area (Å²) >= 11 is 1.45. The van der Waals surface area contributed by atoms with Gasteiger partial charge in [-0.15, -0.1) is 11.3 Å². The summed E-state index contributed by atoms with van der Waals surface area (Å²) in [5.74, 6) is -1.07. The summed E-state index contributed by atoms with van der Waals surface area (Å²) in [7, 11) is 0. The zero-order valence-corrected chi connectivity index (χ0v) is 15.9. The lowest BCUT2D eigenvalue weighted by molar-refractivity contribution is -0.138. The Hall–Kier alpha value is -2.45. The van der Waals surface area contributed by atoms with Crippen molar-refractivity contribution in [2.45, 2.75) is 27.2 Å². The Labute approximate surface area is 156 Å². The molecule has 140 valence electrons. The summed E-state index contributed by atoms with van der Waals surface area (Å²) in [6.07, 6.45) is -0.00937. The Morgan fingerprint density at radius 1 is 1.23 bits per heavy atom. The van der Waals surface area contributed by atoms with Crippen LogP contribution in [0.4, 0.5) is 10.8 Å². The molecule has 0 aliphatic rings. The molecule has 0 spiro atoms. The SMILES string of the molecule is Cc1ccc(NCCOCCC(=O)O)cc1C(=O)Nc1nc(C)c(C)s1. The highest BCUT2D eigenvalue weighted by Gasteiger charge is 2.13. The number of anilines is 2. The van der Waals surface area contributed by atoms with Crippen LogP contribution in [0.1, 0.15) is 32.9 Å². The molecular formula is C18H23N3O4S. The molecule has 8 heteroatoms. The fourth-order valence-corrected chi connectivity index (χ4v) is 3.01. The average Bonchev–Trinajstić information content (AvgIpc) is 2.89. The molecular weight excluding hydrogens is 354 g/mol. The van der Waals surface area contributed by atoms with E-state index >= 15 is 0 Å². The Balaban J connectivity index is 1.91. The van der Waals surface area contributed by atoms with Gasteiger partial charge >= 0.3 is 5.97 Å². The number of nitrogens with one attached hydrogen (secondary N) is 2. The van der Waals surface area contributed by atoms with Gasteiger partial charge in [0.1, 0.15) is 0 Å². The molecule has 26 heavy (non-hydrogen) atoms. The monoisotopic (exact) mass is 377 g/mol. The van der Waals surface area contributed by atoms with E-state index in [9.17, 15) is 9.59 Å². The molecule has 0 fully saturated rings. The molecule has 1 amide bonds. The Bertz CT molecular complexity index is 769. The molecule has 3 N–H and O–H groups in total. The number of carboxylic acid groups (broad SMARTS) is 1. The van der Waals surface area contributed by atoms with Gasteiger partial charge in [-0.1, -0.05) is 6.07 Å². The van der Waals surface area contributed by atoms with E-state index < -0.39 is 5.97 Å². The van der Waals surface area contributed by atoms with E-state index in [0.29, 0.717) is 23.8 Å². The lowest BCUT2D eigenvalue weighted by atomic mass is 10.1. The number of benzene rings is 1. The van der Waals surface area contributed by atoms with Crippen LogP contribution in [-0.4, -0.2) is 41.7 Å². The van der Waals surface area contributed by atoms with Crippen LogP contribution in [0.15, 0.2) is 18.2 Å². The van der Waals surface area contributed by atoms with Gasteiger partial charge in [0.05, 0.1) is 25.3 Å². The minimum Gasteiger partial charge on any atom is -0.481 e. The number of carboxylic acids is 1. The van der Waals surface area contributed by atoms with Crippen molar-refractivity contribution in [2.24, 2.45) is 0 Å². The van der Waals surface area contributed by atoms with Crippen LogP contribution in [0, 0.1) is 20.8 Å². The summed E-state index contributed by atoms with van der Waals surface area (Å²) in [6, 6.07) is 5.55. The third-order valence-corrected chi connectivity index (χ3v) is 4.76. The van der Waals surface area contributed by atoms with Crippen molar-refractivity contribution in [1.82, 2.24) is 4.98 Å². The lowest BCUT2D eigenvalue weighted by Gasteiger charge is -2.11. The van der Waals surface area contributed by atoms with Crippen molar-refractivity contribution in [3.8, 4) is 0 Å². The quantitative estimate of drug-likeness (QED) is 0.580. The zero-order valence-electron chi connectivity index (χ0n) is 15.1. The number of carbonyl (C=O) groups is 2. The van der Waals surface area contributed by atoms with Gasteiger partial charge in [-0.05, 0) is 38.5 Å². The van der Waals surface area contributed by atoms with Crippen LogP contribution in [0.3, 0.4) is 0 Å². The highest BCUT2D eigenvalue weighted by molar-refractivity contribution is 7.15. The van der Waals surface area contributed by atoms with E-state index in [0.717, 1.165) is 21.8 Å². The van der Waals surface area contributed by atoms with Crippen molar-refractivity contribution >= 4 is 34.0 Å². The van der Waals surface area contributed by atoms with Crippen LogP contribution < -0.4 is 10.6 Å². The molecule has 0 saturated heterocycles. The first-order chi connectivity index (χ1) is 12.4. The number of aliphatic carboxylic acids is 1. The smallest absolute Gasteiger partial charge is 0.305 e. The van der Waals surface area contributed by atoms with Crippen molar-refractivity contribution in [2.75, 3.05) is 30.4 Å². The number of hydrogen-bond donors (Lipinski definition) is 3. The van der Waals surface area contributed by atoms with Crippen LogP contribution in [0.25, 0.3) is 0 Å². The van der Waals surface area contributed by atoms with Gasteiger partial charge in [-0.25, -0.2) is 4.98 Å². The van der Waals surface area contributed by atoms with Crippen molar-refractivity contribution < 1.29 is 19.4 Å². The predicted molar refractivity (Wildman–Crippen MR) is 102 cm³/mol. The lowest BCUT2D eigenvalue weighted by Crippen LogP contribution is -2.15. The first-order valence-electron chi connectivity index (χ1n) is 8.26. The van der Waals surface area contributed by atoms with E-state index in [1.807, 2.05) is 32.9 Å². The maximum absolute atomic E-state index is 12.5. The number of carbonyl (C=O) groups excluding carboxylic acids is 1. The summed E-state index contributed by atoms with van der Waals surface area (Å²) < 4.78 is 5.23. The highest BCUT2D eigenvalue weighted by atomic mass is 32.1. The number of hydrogen-bond acceptors (Lipinski definition) is 6. The van der Waals surface area contributed by atoms with Crippen LogP contribution >= 0.6 is 11.3 Å². The Kier molecular flexibility index (Phi) is 7.11. The Morgan fingerprint density at radius 3 is 2.65 bits per heavy atom. The molecule has 1 heterocycles. The van der Waals surface area contributed by atoms with Crippen LogP contribution in [0.2, 0.25) is 0 Å². The van der Waals surface area contributed by atoms with Gasteiger partial charge < -0.3 is 15.2 Å². The fourth-order valence-electron chi connectivity index (χ4n) is 2.20. The number of amides is 1. The number of aromatic nitrogens is 1. The number of rotatable bonds is 9. The largest absolute Gasteiger partial charge is 0.481 e. The molecule has 0 aliphatic carbocycles. The first kappa shape index (κ1) is 19.9. The van der Waals surface area contributed by atoms with Crippen LogP contribution in [-0.2, 0) is 9.53 Å². The second kappa shape index (κ2) is 9.30. The number of ether oxygens (including phenoxy) is 1. The predicted octanol–water partition coefficient (Wildman–Crippen LogP) is 3.22. The van der Waals surface area contributed by atoms with E-state index in [1.165, 1.54) is 11.3 Å². The molecule has 0 aliphatic heterocycles. The first-order valence-corrected chi connectivity index (χ1v) is 9.08. The maximum Gasteiger partial charge on any atom is 0.305 e. The molecule has 1 aromatic carbocycles. The molecule has 0 saturated carbocycles. The Morgan fingerprint density at radius 2 is 2.00 bits per heavy atom. The van der Waals surface area contributed by atoms with E-state index in [2.05, 4.69) is 15.6 Å². The molecule has 2 aromatic rings. The van der Waals surface area contributed by atoms with Gasteiger partial charge in [-0.2, -0.15) is 0 Å². The van der Waals surface area contributed by atoms with Gasteiger partial charge in [-0.3, -0.25) is 14.9 Å². The van der Waals surface area contributed by atoms with Gasteiger partial charge in [0, 0.05) is 22.7 Å². The summed E-state index contributed by atoms with van der Waals surface area (Å²) in [5.41, 5.74) is 3.16. The minimum atomic E-state index is -0.877. The molecule has 0 unspecified atom stereocenters. The molecule has 2 rings (SSSR count). The summed E-state index contributed by atoms with van der Waals surface area (Å²) in [5, 5.41) is 15.1. The topological polar surface area (TPSA) is 101 Å².